The first-order valence-corrected chi connectivity index (χ1v) is 21.6. The van der Waals surface area contributed by atoms with E-state index in [-0.39, 0.29) is 37.5 Å². The van der Waals surface area contributed by atoms with Crippen molar-refractivity contribution in [1.29, 1.82) is 0 Å². The van der Waals surface area contributed by atoms with E-state index >= 15 is 0 Å². The number of hydrogen-bond acceptors (Lipinski definition) is 6. The van der Waals surface area contributed by atoms with Crippen molar-refractivity contribution in [3.63, 3.8) is 0 Å². The van der Waals surface area contributed by atoms with E-state index in [0.29, 0.717) is 19.3 Å². The summed E-state index contributed by atoms with van der Waals surface area (Å²) in [6, 6.07) is 0. The predicted molar refractivity (Wildman–Crippen MR) is 219 cm³/mol. The fraction of sp³-hybridized carbons (Fsp3) is 0.761. The Bertz CT molecular complexity index is 933. The van der Waals surface area contributed by atoms with Gasteiger partial charge < -0.3 is 14.2 Å². The number of unbranched alkanes of at least 4 members (excludes halogenated alkanes) is 19. The predicted octanol–water partition coefficient (Wildman–Crippen LogP) is 13.6. The SMILES string of the molecule is CC/C=C\C/C=C\CCCCC(=O)OCC(COC(=O)CCCCCCCCCCCCCCCCCC)OC(=O)CCCC/C=C\C/C=C\CC. The molecule has 52 heavy (non-hydrogen) atoms. The second-order valence-electron chi connectivity index (χ2n) is 14.2. The first kappa shape index (κ1) is 49.4. The summed E-state index contributed by atoms with van der Waals surface area (Å²) in [5.74, 6) is -0.974. The number of carbonyl (C=O) groups excluding carboxylic acids is 3. The third-order valence-corrected chi connectivity index (χ3v) is 9.08. The van der Waals surface area contributed by atoms with Gasteiger partial charge in [0.05, 0.1) is 0 Å². The molecule has 0 saturated carbocycles. The van der Waals surface area contributed by atoms with Crippen LogP contribution >= 0.6 is 0 Å². The van der Waals surface area contributed by atoms with E-state index in [1.807, 2.05) is 0 Å². The lowest BCUT2D eigenvalue weighted by molar-refractivity contribution is -0.167. The molecule has 0 aliphatic carbocycles. The van der Waals surface area contributed by atoms with Crippen LogP contribution in [0.5, 0.6) is 0 Å². The molecule has 300 valence electrons. The summed E-state index contributed by atoms with van der Waals surface area (Å²) in [7, 11) is 0. The second-order valence-corrected chi connectivity index (χ2v) is 14.2. The summed E-state index contributed by atoms with van der Waals surface area (Å²) >= 11 is 0. The van der Waals surface area contributed by atoms with Gasteiger partial charge >= 0.3 is 17.9 Å². The summed E-state index contributed by atoms with van der Waals surface area (Å²) in [5.41, 5.74) is 0. The zero-order valence-electron chi connectivity index (χ0n) is 34.1. The lowest BCUT2D eigenvalue weighted by Crippen LogP contribution is -2.30. The average molecular weight is 729 g/mol. The Morgan fingerprint density at radius 1 is 0.404 bits per heavy atom. The molecule has 0 aromatic carbocycles. The maximum Gasteiger partial charge on any atom is 0.306 e. The highest BCUT2D eigenvalue weighted by Gasteiger charge is 2.19. The van der Waals surface area contributed by atoms with Crippen LogP contribution in [0.2, 0.25) is 0 Å². The summed E-state index contributed by atoms with van der Waals surface area (Å²) in [6.45, 7) is 6.31. The van der Waals surface area contributed by atoms with Crippen molar-refractivity contribution >= 4 is 17.9 Å². The molecule has 0 fully saturated rings. The van der Waals surface area contributed by atoms with Gasteiger partial charge in [0.25, 0.3) is 0 Å². The van der Waals surface area contributed by atoms with Gasteiger partial charge in [-0.25, -0.2) is 0 Å². The Hall–Kier alpha value is -2.63. The van der Waals surface area contributed by atoms with Gasteiger partial charge in [0.2, 0.25) is 0 Å². The normalized spacial score (nSPS) is 12.4. The van der Waals surface area contributed by atoms with Crippen LogP contribution in [-0.2, 0) is 28.6 Å². The van der Waals surface area contributed by atoms with Crippen molar-refractivity contribution in [2.24, 2.45) is 0 Å². The molecule has 0 heterocycles. The van der Waals surface area contributed by atoms with E-state index in [1.165, 1.54) is 83.5 Å². The molecule has 0 aromatic heterocycles. The molecule has 0 spiro atoms. The first-order chi connectivity index (χ1) is 25.5. The zero-order valence-corrected chi connectivity index (χ0v) is 34.1. The van der Waals surface area contributed by atoms with Crippen LogP contribution in [0.4, 0.5) is 0 Å². The van der Waals surface area contributed by atoms with E-state index in [9.17, 15) is 14.4 Å². The summed E-state index contributed by atoms with van der Waals surface area (Å²) in [4.78, 5) is 37.5. The van der Waals surface area contributed by atoms with Crippen LogP contribution in [-0.4, -0.2) is 37.2 Å². The summed E-state index contributed by atoms with van der Waals surface area (Å²) in [5, 5.41) is 0. The molecular weight excluding hydrogens is 649 g/mol. The number of hydrogen-bond donors (Lipinski definition) is 0. The van der Waals surface area contributed by atoms with Crippen molar-refractivity contribution in [1.82, 2.24) is 0 Å². The number of allylic oxidation sites excluding steroid dienone is 8. The highest BCUT2D eigenvalue weighted by atomic mass is 16.6. The molecule has 0 bridgehead atoms. The molecule has 0 saturated heterocycles. The minimum Gasteiger partial charge on any atom is -0.462 e. The van der Waals surface area contributed by atoms with Crippen LogP contribution in [0, 0.1) is 0 Å². The van der Waals surface area contributed by atoms with E-state index in [2.05, 4.69) is 69.4 Å². The van der Waals surface area contributed by atoms with Crippen molar-refractivity contribution in [2.45, 2.75) is 213 Å². The van der Waals surface area contributed by atoms with E-state index in [4.69, 9.17) is 14.2 Å². The van der Waals surface area contributed by atoms with Crippen LogP contribution in [0.1, 0.15) is 207 Å². The van der Waals surface area contributed by atoms with E-state index in [0.717, 1.165) is 77.0 Å². The quantitative estimate of drug-likeness (QED) is 0.0272. The van der Waals surface area contributed by atoms with Crippen LogP contribution < -0.4 is 0 Å². The average Bonchev–Trinajstić information content (AvgIpc) is 3.14. The van der Waals surface area contributed by atoms with E-state index in [1.54, 1.807) is 0 Å². The molecule has 0 aliphatic rings. The third-order valence-electron chi connectivity index (χ3n) is 9.08. The van der Waals surface area contributed by atoms with Crippen LogP contribution in [0.15, 0.2) is 48.6 Å². The molecule has 0 amide bonds. The molecule has 6 heteroatoms. The second kappa shape index (κ2) is 41.1. The summed E-state index contributed by atoms with van der Waals surface area (Å²) in [6.07, 6.45) is 46.9. The topological polar surface area (TPSA) is 78.9 Å². The molecule has 6 nitrogen and oxygen atoms in total. The lowest BCUT2D eigenvalue weighted by Gasteiger charge is -2.18. The third kappa shape index (κ3) is 38.6. The monoisotopic (exact) mass is 729 g/mol. The number of rotatable bonds is 38. The maximum atomic E-state index is 12.6. The van der Waals surface area contributed by atoms with Gasteiger partial charge in [0.1, 0.15) is 13.2 Å². The Kier molecular flexibility index (Phi) is 39.1. The van der Waals surface area contributed by atoms with Crippen LogP contribution in [0.25, 0.3) is 0 Å². The first-order valence-electron chi connectivity index (χ1n) is 21.6. The smallest absolute Gasteiger partial charge is 0.306 e. The van der Waals surface area contributed by atoms with Gasteiger partial charge in [-0.2, -0.15) is 0 Å². The van der Waals surface area contributed by atoms with Gasteiger partial charge in [-0.15, -0.1) is 0 Å². The Morgan fingerprint density at radius 2 is 0.750 bits per heavy atom. The molecule has 0 N–H and O–H groups in total. The minimum atomic E-state index is -0.796. The zero-order chi connectivity index (χ0) is 38.0. The summed E-state index contributed by atoms with van der Waals surface area (Å²) < 4.78 is 16.6. The highest BCUT2D eigenvalue weighted by molar-refractivity contribution is 5.71. The molecule has 0 aliphatic heterocycles. The van der Waals surface area contributed by atoms with Gasteiger partial charge in [0, 0.05) is 19.3 Å². The van der Waals surface area contributed by atoms with Gasteiger partial charge in [-0.1, -0.05) is 166 Å². The largest absolute Gasteiger partial charge is 0.462 e. The van der Waals surface area contributed by atoms with Crippen molar-refractivity contribution in [2.75, 3.05) is 13.2 Å². The Labute approximate surface area is 320 Å². The molecule has 0 radical (unpaired) electrons. The number of carbonyl (C=O) groups is 3. The molecule has 0 aromatic rings. The molecule has 1 atom stereocenters. The standard InChI is InChI=1S/C46H80O6/c1-4-7-10-13-16-19-20-21-22-23-24-25-28-30-33-36-39-45(48)51-42-43(52-46(49)40-37-34-31-27-18-15-12-9-6-3)41-50-44(47)38-35-32-29-26-17-14-11-8-5-2/h8-9,11-12,17-18,26-27,43H,4-7,10,13-16,19-25,28-42H2,1-3H3/b11-8-,12-9-,26-17-,27-18-. The fourth-order valence-electron chi connectivity index (χ4n) is 5.87. The Morgan fingerprint density at radius 3 is 1.15 bits per heavy atom. The molecule has 1 unspecified atom stereocenters. The maximum absolute atomic E-state index is 12.6. The van der Waals surface area contributed by atoms with Crippen molar-refractivity contribution < 1.29 is 28.6 Å². The number of esters is 3. The van der Waals surface area contributed by atoms with Gasteiger partial charge in [-0.3, -0.25) is 14.4 Å². The van der Waals surface area contributed by atoms with Gasteiger partial charge in [0.15, 0.2) is 6.10 Å². The van der Waals surface area contributed by atoms with Crippen LogP contribution in [0.3, 0.4) is 0 Å². The van der Waals surface area contributed by atoms with Gasteiger partial charge in [-0.05, 0) is 70.6 Å². The molecule has 0 rings (SSSR count). The minimum absolute atomic E-state index is 0.0952. The van der Waals surface area contributed by atoms with Crippen molar-refractivity contribution in [3.05, 3.63) is 48.6 Å². The van der Waals surface area contributed by atoms with Crippen molar-refractivity contribution in [3.8, 4) is 0 Å². The molecular formula is C46H80O6. The highest BCUT2D eigenvalue weighted by Crippen LogP contribution is 2.15. The van der Waals surface area contributed by atoms with E-state index < -0.39 is 6.10 Å². The lowest BCUT2D eigenvalue weighted by atomic mass is 10.0. The fourth-order valence-corrected chi connectivity index (χ4v) is 5.87. The Balaban J connectivity index is 4.32. The number of ether oxygens (including phenoxy) is 3.